The van der Waals surface area contributed by atoms with Crippen LogP contribution in [0.2, 0.25) is 0 Å². The first kappa shape index (κ1) is 23.9. The van der Waals surface area contributed by atoms with Gasteiger partial charge in [-0.2, -0.15) is 0 Å². The summed E-state index contributed by atoms with van der Waals surface area (Å²) in [5.74, 6) is 0.114. The zero-order valence-corrected chi connectivity index (χ0v) is 20.6. The molecule has 32 heavy (non-hydrogen) atoms. The summed E-state index contributed by atoms with van der Waals surface area (Å²) in [6.45, 7) is 5.83. The van der Waals surface area contributed by atoms with Crippen LogP contribution in [0.4, 0.5) is 10.5 Å². The number of methoxy groups -OCH3 is 1. The molecule has 0 unspecified atom stereocenters. The van der Waals surface area contributed by atoms with E-state index in [1.54, 1.807) is 24.3 Å². The lowest BCUT2D eigenvalue weighted by atomic mass is 10.1. The molecule has 1 aliphatic heterocycles. The Labute approximate surface area is 199 Å². The highest BCUT2D eigenvalue weighted by Gasteiger charge is 2.36. The number of carbonyl (C=O) groups is 3. The number of benzene rings is 2. The van der Waals surface area contributed by atoms with Crippen molar-refractivity contribution in [3.8, 4) is 11.5 Å². The maximum atomic E-state index is 12.8. The van der Waals surface area contributed by atoms with Gasteiger partial charge < -0.3 is 14.8 Å². The predicted molar refractivity (Wildman–Crippen MR) is 129 cm³/mol. The molecule has 0 atom stereocenters. The Bertz CT molecular complexity index is 1120. The maximum absolute atomic E-state index is 12.8. The Balaban J connectivity index is 1.77. The molecular weight excluding hydrogens is 496 g/mol. The van der Waals surface area contributed by atoms with E-state index in [0.717, 1.165) is 27.8 Å². The summed E-state index contributed by atoms with van der Waals surface area (Å²) in [5, 5.41) is 2.27. The summed E-state index contributed by atoms with van der Waals surface area (Å²) in [6, 6.07) is 9.09. The van der Waals surface area contributed by atoms with Crippen molar-refractivity contribution in [2.24, 2.45) is 0 Å². The Morgan fingerprint density at radius 2 is 1.94 bits per heavy atom. The second kappa shape index (κ2) is 10.2. The number of aryl methyl sites for hydroxylation is 2. The van der Waals surface area contributed by atoms with Crippen LogP contribution in [0.5, 0.6) is 11.5 Å². The van der Waals surface area contributed by atoms with E-state index in [2.05, 4.69) is 21.2 Å². The van der Waals surface area contributed by atoms with E-state index < -0.39 is 17.1 Å². The average Bonchev–Trinajstić information content (AvgIpc) is 2.99. The number of imide groups is 1. The molecule has 1 N–H and O–H groups in total. The Hall–Kier alpha value is -2.78. The van der Waals surface area contributed by atoms with Crippen molar-refractivity contribution in [2.75, 3.05) is 25.6 Å². The van der Waals surface area contributed by atoms with E-state index in [4.69, 9.17) is 9.47 Å². The standard InChI is InChI=1S/C23H23BrN2O5S/c1-5-31-19-11-16(24)15(9-18(19)30-4)10-20-22(28)26(23(29)32-20)12-21(27)25-17-7-6-13(2)8-14(17)3/h6-11H,5,12H2,1-4H3,(H,25,27)/b20-10-. The molecule has 1 aliphatic rings. The number of ether oxygens (including phenoxy) is 2. The number of rotatable bonds is 7. The van der Waals surface area contributed by atoms with Gasteiger partial charge in [0.1, 0.15) is 6.54 Å². The second-order valence-electron chi connectivity index (χ2n) is 7.09. The summed E-state index contributed by atoms with van der Waals surface area (Å²) in [5.41, 5.74) is 3.28. The SMILES string of the molecule is CCOc1cc(Br)c(/C=C2\SC(=O)N(CC(=O)Nc3ccc(C)cc3C)C2=O)cc1OC. The van der Waals surface area contributed by atoms with Crippen LogP contribution in [0, 0.1) is 13.8 Å². The lowest BCUT2D eigenvalue weighted by molar-refractivity contribution is -0.127. The van der Waals surface area contributed by atoms with E-state index in [1.165, 1.54) is 7.11 Å². The number of anilines is 1. The molecule has 0 radical (unpaired) electrons. The molecule has 0 bridgehead atoms. The zero-order chi connectivity index (χ0) is 23.4. The van der Waals surface area contributed by atoms with Gasteiger partial charge in [0.2, 0.25) is 5.91 Å². The molecule has 3 amide bonds. The lowest BCUT2D eigenvalue weighted by Crippen LogP contribution is -2.36. The van der Waals surface area contributed by atoms with Gasteiger partial charge in [0.15, 0.2) is 11.5 Å². The van der Waals surface area contributed by atoms with E-state index >= 15 is 0 Å². The first-order valence-electron chi connectivity index (χ1n) is 9.86. The number of hydrogen-bond donors (Lipinski definition) is 1. The third-order valence-corrected chi connectivity index (χ3v) is 6.29. The molecule has 9 heteroatoms. The zero-order valence-electron chi connectivity index (χ0n) is 18.2. The van der Waals surface area contributed by atoms with Crippen LogP contribution in [-0.4, -0.2) is 42.2 Å². The Morgan fingerprint density at radius 1 is 1.19 bits per heavy atom. The molecule has 7 nitrogen and oxygen atoms in total. The van der Waals surface area contributed by atoms with E-state index in [-0.39, 0.29) is 11.4 Å². The van der Waals surface area contributed by atoms with Gasteiger partial charge in [0, 0.05) is 10.2 Å². The van der Waals surface area contributed by atoms with Crippen molar-refractivity contribution in [1.82, 2.24) is 4.90 Å². The summed E-state index contributed by atoms with van der Waals surface area (Å²) < 4.78 is 11.6. The normalized spacial score (nSPS) is 14.8. The minimum Gasteiger partial charge on any atom is -0.493 e. The third-order valence-electron chi connectivity index (χ3n) is 4.70. The third kappa shape index (κ3) is 5.34. The number of nitrogens with one attached hydrogen (secondary N) is 1. The van der Waals surface area contributed by atoms with Gasteiger partial charge in [0.05, 0.1) is 18.6 Å². The van der Waals surface area contributed by atoms with Gasteiger partial charge in [-0.1, -0.05) is 33.6 Å². The summed E-state index contributed by atoms with van der Waals surface area (Å²) >= 11 is 4.26. The maximum Gasteiger partial charge on any atom is 0.294 e. The van der Waals surface area contributed by atoms with Gasteiger partial charge in [-0.25, -0.2) is 0 Å². The fraction of sp³-hybridized carbons (Fsp3) is 0.261. The summed E-state index contributed by atoms with van der Waals surface area (Å²) in [7, 11) is 1.53. The number of nitrogens with zero attached hydrogens (tertiary/aromatic N) is 1. The minimum atomic E-state index is -0.518. The van der Waals surface area contributed by atoms with Gasteiger partial charge in [0.25, 0.3) is 11.1 Å². The van der Waals surface area contributed by atoms with Crippen LogP contribution >= 0.6 is 27.7 Å². The van der Waals surface area contributed by atoms with Crippen molar-refractivity contribution in [1.29, 1.82) is 0 Å². The van der Waals surface area contributed by atoms with E-state index in [9.17, 15) is 14.4 Å². The average molecular weight is 519 g/mol. The Morgan fingerprint density at radius 3 is 2.59 bits per heavy atom. The molecule has 0 aromatic heterocycles. The van der Waals surface area contributed by atoms with Gasteiger partial charge in [-0.3, -0.25) is 19.3 Å². The molecule has 3 rings (SSSR count). The number of carbonyl (C=O) groups excluding carboxylic acids is 3. The highest BCUT2D eigenvalue weighted by Crippen LogP contribution is 2.38. The quantitative estimate of drug-likeness (QED) is 0.510. The first-order valence-corrected chi connectivity index (χ1v) is 11.5. The van der Waals surface area contributed by atoms with E-state index in [0.29, 0.717) is 33.8 Å². The predicted octanol–water partition coefficient (Wildman–Crippen LogP) is 5.15. The number of amides is 3. The van der Waals surface area contributed by atoms with Crippen molar-refractivity contribution in [3.05, 3.63) is 56.4 Å². The molecule has 2 aromatic carbocycles. The summed E-state index contributed by atoms with van der Waals surface area (Å²) in [4.78, 5) is 38.9. The van der Waals surface area contributed by atoms with Crippen molar-refractivity contribution < 1.29 is 23.9 Å². The smallest absolute Gasteiger partial charge is 0.294 e. The molecule has 1 fully saturated rings. The van der Waals surface area contributed by atoms with E-state index in [1.807, 2.05) is 32.9 Å². The molecule has 168 valence electrons. The van der Waals surface area contributed by atoms with Crippen LogP contribution in [-0.2, 0) is 9.59 Å². The van der Waals surface area contributed by atoms with Crippen molar-refractivity contribution >= 4 is 56.5 Å². The van der Waals surface area contributed by atoms with Crippen LogP contribution in [0.1, 0.15) is 23.6 Å². The number of halogens is 1. The largest absolute Gasteiger partial charge is 0.493 e. The van der Waals surface area contributed by atoms with Crippen LogP contribution in [0.3, 0.4) is 0 Å². The molecule has 0 spiro atoms. The number of hydrogen-bond acceptors (Lipinski definition) is 6. The highest BCUT2D eigenvalue weighted by molar-refractivity contribution is 9.10. The van der Waals surface area contributed by atoms with Gasteiger partial charge in [-0.15, -0.1) is 0 Å². The Kier molecular flexibility index (Phi) is 7.63. The topological polar surface area (TPSA) is 84.9 Å². The molecule has 2 aromatic rings. The van der Waals surface area contributed by atoms with Crippen LogP contribution in [0.15, 0.2) is 39.7 Å². The minimum absolute atomic E-state index is 0.223. The van der Waals surface area contributed by atoms with Gasteiger partial charge in [-0.05, 0) is 67.9 Å². The molecule has 1 saturated heterocycles. The second-order valence-corrected chi connectivity index (χ2v) is 8.94. The highest BCUT2D eigenvalue weighted by atomic mass is 79.9. The fourth-order valence-electron chi connectivity index (χ4n) is 3.15. The van der Waals surface area contributed by atoms with Crippen LogP contribution < -0.4 is 14.8 Å². The lowest BCUT2D eigenvalue weighted by Gasteiger charge is -2.14. The fourth-order valence-corrected chi connectivity index (χ4v) is 4.42. The molecule has 0 aliphatic carbocycles. The van der Waals surface area contributed by atoms with Crippen molar-refractivity contribution in [2.45, 2.75) is 20.8 Å². The molecule has 1 heterocycles. The molecular formula is C23H23BrN2O5S. The van der Waals surface area contributed by atoms with Crippen LogP contribution in [0.25, 0.3) is 6.08 Å². The molecule has 0 saturated carbocycles. The number of thioether (sulfide) groups is 1. The van der Waals surface area contributed by atoms with Gasteiger partial charge >= 0.3 is 0 Å². The van der Waals surface area contributed by atoms with Crippen molar-refractivity contribution in [3.63, 3.8) is 0 Å². The monoisotopic (exact) mass is 518 g/mol. The summed E-state index contributed by atoms with van der Waals surface area (Å²) in [6.07, 6.45) is 1.59. The first-order chi connectivity index (χ1) is 15.2.